The van der Waals surface area contributed by atoms with E-state index in [1.54, 1.807) is 6.92 Å². The van der Waals surface area contributed by atoms with Crippen molar-refractivity contribution in [2.75, 3.05) is 7.11 Å². The Morgan fingerprint density at radius 3 is 2.48 bits per heavy atom. The first-order valence-electron chi connectivity index (χ1n) is 8.36. The normalized spacial score (nSPS) is 15.3. The summed E-state index contributed by atoms with van der Waals surface area (Å²) in [6, 6.07) is 3.45. The van der Waals surface area contributed by atoms with E-state index in [4.69, 9.17) is 4.52 Å². The molecular formula is C17H18N4O6. The molecule has 3 rings (SSSR count). The Bertz CT molecular complexity index is 901. The number of hydrogen-bond donors (Lipinski definition) is 1. The fraction of sp³-hybridized carbons (Fsp3) is 0.412. The molecule has 1 heterocycles. The third kappa shape index (κ3) is 3.64. The number of methoxy groups -OCH3 is 1. The number of nitrogens with one attached hydrogen (secondary N) is 1. The van der Waals surface area contributed by atoms with Crippen LogP contribution in [-0.4, -0.2) is 34.1 Å². The van der Waals surface area contributed by atoms with Crippen molar-refractivity contribution in [3.63, 3.8) is 0 Å². The number of nitrogens with zero attached hydrogens (tertiary/aromatic N) is 3. The molecule has 0 aliphatic heterocycles. The highest BCUT2D eigenvalue weighted by atomic mass is 16.6. The quantitative estimate of drug-likeness (QED) is 0.478. The van der Waals surface area contributed by atoms with Gasteiger partial charge in [0.25, 0.3) is 11.6 Å². The number of esters is 1. The fourth-order valence-electron chi connectivity index (χ4n) is 3.25. The Morgan fingerprint density at radius 2 is 1.93 bits per heavy atom. The molecule has 0 saturated heterocycles. The third-order valence-electron chi connectivity index (χ3n) is 4.58. The zero-order valence-corrected chi connectivity index (χ0v) is 14.9. The summed E-state index contributed by atoms with van der Waals surface area (Å²) in [5.74, 6) is -0.566. The van der Waals surface area contributed by atoms with Crippen molar-refractivity contribution in [2.24, 2.45) is 0 Å². The maximum absolute atomic E-state index is 12.9. The summed E-state index contributed by atoms with van der Waals surface area (Å²) in [6.45, 7) is 1.66. The molecule has 142 valence electrons. The summed E-state index contributed by atoms with van der Waals surface area (Å²) in [4.78, 5) is 39.4. The Balaban J connectivity index is 1.96. The molecule has 0 unspecified atom stereocenters. The Labute approximate surface area is 154 Å². The number of nitro benzene ring substituents is 1. The minimum Gasteiger partial charge on any atom is -0.465 e. The maximum Gasteiger partial charge on any atom is 0.338 e. The number of benzene rings is 1. The van der Waals surface area contributed by atoms with E-state index in [2.05, 4.69) is 20.2 Å². The van der Waals surface area contributed by atoms with Crippen LogP contribution in [0.2, 0.25) is 0 Å². The molecule has 10 nitrogen and oxygen atoms in total. The van der Waals surface area contributed by atoms with Gasteiger partial charge in [0.2, 0.25) is 5.89 Å². The molecule has 0 spiro atoms. The van der Waals surface area contributed by atoms with Crippen LogP contribution in [0.1, 0.15) is 58.1 Å². The molecule has 1 aliphatic rings. The molecule has 1 amide bonds. The minimum atomic E-state index is -0.801. The zero-order chi connectivity index (χ0) is 19.6. The van der Waals surface area contributed by atoms with Crippen molar-refractivity contribution >= 4 is 17.6 Å². The van der Waals surface area contributed by atoms with E-state index < -0.39 is 22.3 Å². The average Bonchev–Trinajstić information content (AvgIpc) is 3.30. The number of non-ortho nitro benzene ring substituents is 1. The fourth-order valence-corrected chi connectivity index (χ4v) is 3.25. The molecule has 0 bridgehead atoms. The van der Waals surface area contributed by atoms with Gasteiger partial charge in [-0.15, -0.1) is 0 Å². The summed E-state index contributed by atoms with van der Waals surface area (Å²) in [5, 5.41) is 18.0. The first-order chi connectivity index (χ1) is 12.8. The summed E-state index contributed by atoms with van der Waals surface area (Å²) in [7, 11) is 1.16. The SMILES string of the molecule is COC(=O)c1cc(C(=O)NC2(c3noc(C)n3)CCCC2)cc([N+](=O)[O-])c1. The first kappa shape index (κ1) is 18.5. The Morgan fingerprint density at radius 1 is 1.26 bits per heavy atom. The van der Waals surface area contributed by atoms with Crippen LogP contribution in [0.15, 0.2) is 22.7 Å². The Hall–Kier alpha value is -3.30. The lowest BCUT2D eigenvalue weighted by Gasteiger charge is -2.26. The van der Waals surface area contributed by atoms with Crippen LogP contribution < -0.4 is 5.32 Å². The molecule has 0 atom stereocenters. The van der Waals surface area contributed by atoms with Gasteiger partial charge in [-0.1, -0.05) is 18.0 Å². The van der Waals surface area contributed by atoms with Crippen LogP contribution in [0.5, 0.6) is 0 Å². The van der Waals surface area contributed by atoms with E-state index in [9.17, 15) is 19.7 Å². The second kappa shape index (κ2) is 7.14. The number of hydrogen-bond acceptors (Lipinski definition) is 8. The van der Waals surface area contributed by atoms with E-state index in [0.717, 1.165) is 32.1 Å². The summed E-state index contributed by atoms with van der Waals surface area (Å²) in [6.07, 6.45) is 2.99. The molecule has 2 aromatic rings. The summed E-state index contributed by atoms with van der Waals surface area (Å²) in [5.41, 5.74) is -1.27. The van der Waals surface area contributed by atoms with Crippen molar-refractivity contribution < 1.29 is 23.8 Å². The van der Waals surface area contributed by atoms with Crippen LogP contribution in [0.3, 0.4) is 0 Å². The highest BCUT2D eigenvalue weighted by molar-refractivity contribution is 5.99. The molecular weight excluding hydrogens is 356 g/mol. The number of ether oxygens (including phenoxy) is 1. The molecule has 1 N–H and O–H groups in total. The summed E-state index contributed by atoms with van der Waals surface area (Å²) < 4.78 is 9.65. The van der Waals surface area contributed by atoms with Crippen molar-refractivity contribution in [2.45, 2.75) is 38.1 Å². The lowest BCUT2D eigenvalue weighted by atomic mass is 9.95. The van der Waals surface area contributed by atoms with Crippen LogP contribution in [0, 0.1) is 17.0 Å². The topological polar surface area (TPSA) is 137 Å². The van der Waals surface area contributed by atoms with E-state index in [1.807, 2.05) is 0 Å². The smallest absolute Gasteiger partial charge is 0.338 e. The number of carbonyl (C=O) groups excluding carboxylic acids is 2. The highest BCUT2D eigenvalue weighted by Crippen LogP contribution is 2.37. The van der Waals surface area contributed by atoms with E-state index >= 15 is 0 Å². The van der Waals surface area contributed by atoms with Gasteiger partial charge < -0.3 is 14.6 Å². The van der Waals surface area contributed by atoms with E-state index in [1.165, 1.54) is 6.07 Å². The second-order valence-electron chi connectivity index (χ2n) is 6.40. The van der Waals surface area contributed by atoms with E-state index in [0.29, 0.717) is 24.6 Å². The van der Waals surface area contributed by atoms with Gasteiger partial charge in [0.05, 0.1) is 17.6 Å². The van der Waals surface area contributed by atoms with Crippen molar-refractivity contribution in [3.8, 4) is 0 Å². The van der Waals surface area contributed by atoms with Gasteiger partial charge >= 0.3 is 5.97 Å². The van der Waals surface area contributed by atoms with Crippen LogP contribution >= 0.6 is 0 Å². The van der Waals surface area contributed by atoms with E-state index in [-0.39, 0.29) is 16.8 Å². The van der Waals surface area contributed by atoms with Crippen molar-refractivity contribution in [1.82, 2.24) is 15.5 Å². The molecule has 1 fully saturated rings. The lowest BCUT2D eigenvalue weighted by Crippen LogP contribution is -2.44. The monoisotopic (exact) mass is 374 g/mol. The van der Waals surface area contributed by atoms with Crippen molar-refractivity contribution in [1.29, 1.82) is 0 Å². The minimum absolute atomic E-state index is 0.0175. The molecule has 1 aliphatic carbocycles. The number of nitro groups is 1. The van der Waals surface area contributed by atoms with Crippen LogP contribution in [0.4, 0.5) is 5.69 Å². The molecule has 1 aromatic carbocycles. The molecule has 1 saturated carbocycles. The number of aryl methyl sites for hydroxylation is 1. The van der Waals surface area contributed by atoms with Gasteiger partial charge in [0.1, 0.15) is 5.54 Å². The number of carbonyl (C=O) groups is 2. The third-order valence-corrected chi connectivity index (χ3v) is 4.58. The second-order valence-corrected chi connectivity index (χ2v) is 6.40. The molecule has 10 heteroatoms. The Kier molecular flexibility index (Phi) is 4.89. The predicted molar refractivity (Wildman–Crippen MR) is 91.1 cm³/mol. The maximum atomic E-state index is 12.9. The zero-order valence-electron chi connectivity index (χ0n) is 14.9. The molecule has 1 aromatic heterocycles. The van der Waals surface area contributed by atoms with Crippen LogP contribution in [-0.2, 0) is 10.3 Å². The van der Waals surface area contributed by atoms with Gasteiger partial charge in [-0.25, -0.2) is 4.79 Å². The standard InChI is InChI=1S/C17H18N4O6/c1-10-18-16(20-27-10)17(5-3-4-6-17)19-14(22)11-7-12(15(23)26-2)9-13(8-11)21(24)25/h7-9H,3-6H2,1-2H3,(H,19,22). The van der Waals surface area contributed by atoms with Gasteiger partial charge in [0.15, 0.2) is 5.82 Å². The summed E-state index contributed by atoms with van der Waals surface area (Å²) >= 11 is 0. The van der Waals surface area contributed by atoms with Gasteiger partial charge in [-0.05, 0) is 18.9 Å². The van der Waals surface area contributed by atoms with Gasteiger partial charge in [-0.3, -0.25) is 14.9 Å². The highest BCUT2D eigenvalue weighted by Gasteiger charge is 2.41. The predicted octanol–water partition coefficient (Wildman–Crippen LogP) is 2.27. The first-order valence-corrected chi connectivity index (χ1v) is 8.36. The number of rotatable bonds is 5. The molecule has 27 heavy (non-hydrogen) atoms. The van der Waals surface area contributed by atoms with Crippen molar-refractivity contribution in [3.05, 3.63) is 51.2 Å². The number of amides is 1. The largest absolute Gasteiger partial charge is 0.465 e. The average molecular weight is 374 g/mol. The lowest BCUT2D eigenvalue weighted by molar-refractivity contribution is -0.384. The van der Waals surface area contributed by atoms with Gasteiger partial charge in [0, 0.05) is 24.6 Å². The van der Waals surface area contributed by atoms with Crippen LogP contribution in [0.25, 0.3) is 0 Å². The molecule has 0 radical (unpaired) electrons. The van der Waals surface area contributed by atoms with Gasteiger partial charge in [-0.2, -0.15) is 4.98 Å². The number of aromatic nitrogens is 2.